The summed E-state index contributed by atoms with van der Waals surface area (Å²) in [4.78, 5) is 22.8. The molecule has 0 heterocycles. The first-order valence-corrected chi connectivity index (χ1v) is 7.21. The van der Waals surface area contributed by atoms with Gasteiger partial charge >= 0.3 is 0 Å². The van der Waals surface area contributed by atoms with Gasteiger partial charge < -0.3 is 10.6 Å². The first-order valence-electron chi connectivity index (χ1n) is 6.14. The van der Waals surface area contributed by atoms with E-state index in [0.29, 0.717) is 11.4 Å². The second-order valence-corrected chi connectivity index (χ2v) is 5.91. The summed E-state index contributed by atoms with van der Waals surface area (Å²) in [6.45, 7) is 6.06. The van der Waals surface area contributed by atoms with Gasteiger partial charge in [-0.2, -0.15) is 0 Å². The summed E-state index contributed by atoms with van der Waals surface area (Å²) in [6, 6.07) is 5.28. The van der Waals surface area contributed by atoms with Crippen molar-refractivity contribution >= 4 is 46.4 Å². The summed E-state index contributed by atoms with van der Waals surface area (Å²) in [5, 5.41) is 5.44. The van der Waals surface area contributed by atoms with Crippen LogP contribution in [0.2, 0.25) is 0 Å². The number of benzene rings is 1. The highest BCUT2D eigenvalue weighted by Crippen LogP contribution is 2.32. The number of anilines is 2. The summed E-state index contributed by atoms with van der Waals surface area (Å²) in [5.74, 6) is -0.747. The van der Waals surface area contributed by atoms with Gasteiger partial charge in [0.05, 0.1) is 0 Å². The van der Waals surface area contributed by atoms with E-state index >= 15 is 0 Å². The van der Waals surface area contributed by atoms with E-state index in [9.17, 15) is 9.59 Å². The number of carbonyl (C=O) groups is 2. The molecular weight excluding hydrogens is 299 g/mol. The molecule has 20 heavy (non-hydrogen) atoms. The predicted octanol–water partition coefficient (Wildman–Crippen LogP) is 3.34. The van der Waals surface area contributed by atoms with E-state index in [2.05, 4.69) is 10.6 Å². The SMILES string of the molecule is CC(C)(C)c1cc(NC(=O)CCl)ccc1NC(=O)CCl. The molecule has 0 aliphatic rings. The van der Waals surface area contributed by atoms with Crippen LogP contribution in [0, 0.1) is 0 Å². The highest BCUT2D eigenvalue weighted by atomic mass is 35.5. The van der Waals surface area contributed by atoms with Crippen molar-refractivity contribution in [1.29, 1.82) is 0 Å². The average molecular weight is 317 g/mol. The fraction of sp³-hybridized carbons (Fsp3) is 0.429. The van der Waals surface area contributed by atoms with Crippen LogP contribution in [-0.4, -0.2) is 23.6 Å². The van der Waals surface area contributed by atoms with Gasteiger partial charge in [0.1, 0.15) is 11.8 Å². The highest BCUT2D eigenvalue weighted by Gasteiger charge is 2.20. The molecule has 1 aromatic rings. The Hall–Kier alpha value is -1.26. The fourth-order valence-electron chi connectivity index (χ4n) is 1.73. The minimum Gasteiger partial charge on any atom is -0.325 e. The molecule has 0 aromatic heterocycles. The minimum absolute atomic E-state index is 0.102. The summed E-state index contributed by atoms with van der Waals surface area (Å²) >= 11 is 11.0. The smallest absolute Gasteiger partial charge is 0.239 e. The molecule has 0 radical (unpaired) electrons. The average Bonchev–Trinajstić information content (AvgIpc) is 2.38. The lowest BCUT2D eigenvalue weighted by Crippen LogP contribution is -2.20. The number of hydrogen-bond acceptors (Lipinski definition) is 2. The number of halogens is 2. The number of alkyl halides is 2. The van der Waals surface area contributed by atoms with E-state index in [0.717, 1.165) is 5.56 Å². The van der Waals surface area contributed by atoms with Crippen molar-refractivity contribution in [2.45, 2.75) is 26.2 Å². The maximum Gasteiger partial charge on any atom is 0.239 e. The van der Waals surface area contributed by atoms with Crippen LogP contribution in [0.15, 0.2) is 18.2 Å². The van der Waals surface area contributed by atoms with E-state index in [1.807, 2.05) is 26.8 Å². The maximum absolute atomic E-state index is 11.4. The molecule has 0 spiro atoms. The van der Waals surface area contributed by atoms with Crippen molar-refractivity contribution in [3.63, 3.8) is 0 Å². The molecule has 0 fully saturated rings. The topological polar surface area (TPSA) is 58.2 Å². The molecule has 0 atom stereocenters. The van der Waals surface area contributed by atoms with Gasteiger partial charge in [0, 0.05) is 11.4 Å². The molecule has 0 aliphatic heterocycles. The van der Waals surface area contributed by atoms with Crippen LogP contribution >= 0.6 is 23.2 Å². The molecule has 2 amide bonds. The van der Waals surface area contributed by atoms with Crippen molar-refractivity contribution in [2.24, 2.45) is 0 Å². The first-order chi connectivity index (χ1) is 9.27. The van der Waals surface area contributed by atoms with Crippen molar-refractivity contribution < 1.29 is 9.59 Å². The van der Waals surface area contributed by atoms with Crippen molar-refractivity contribution in [3.8, 4) is 0 Å². The predicted molar refractivity (Wildman–Crippen MR) is 83.8 cm³/mol. The van der Waals surface area contributed by atoms with E-state index in [1.165, 1.54) is 0 Å². The van der Waals surface area contributed by atoms with Crippen LogP contribution in [0.4, 0.5) is 11.4 Å². The van der Waals surface area contributed by atoms with Crippen molar-refractivity contribution in [1.82, 2.24) is 0 Å². The van der Waals surface area contributed by atoms with Crippen LogP contribution in [0.5, 0.6) is 0 Å². The number of carbonyl (C=O) groups excluding carboxylic acids is 2. The normalized spacial score (nSPS) is 11.1. The van der Waals surface area contributed by atoms with Gasteiger partial charge in [0.15, 0.2) is 0 Å². The Morgan fingerprint density at radius 3 is 2.10 bits per heavy atom. The Bertz CT molecular complexity index is 510. The van der Waals surface area contributed by atoms with E-state index in [1.54, 1.807) is 12.1 Å². The van der Waals surface area contributed by atoms with Gasteiger partial charge in [-0.05, 0) is 29.2 Å². The summed E-state index contributed by atoms with van der Waals surface area (Å²) in [6.07, 6.45) is 0. The molecule has 2 N–H and O–H groups in total. The number of hydrogen-bond donors (Lipinski definition) is 2. The number of amides is 2. The van der Waals surface area contributed by atoms with E-state index < -0.39 is 0 Å². The molecule has 4 nitrogen and oxygen atoms in total. The Kier molecular flexibility index (Phi) is 5.84. The zero-order valence-corrected chi connectivity index (χ0v) is 13.2. The molecular formula is C14H18Cl2N2O2. The molecule has 1 rings (SSSR count). The molecule has 6 heteroatoms. The second-order valence-electron chi connectivity index (χ2n) is 5.37. The van der Waals surface area contributed by atoms with Crippen molar-refractivity contribution in [3.05, 3.63) is 23.8 Å². The number of nitrogens with one attached hydrogen (secondary N) is 2. The van der Waals surface area contributed by atoms with E-state index in [-0.39, 0.29) is 29.0 Å². The fourth-order valence-corrected chi connectivity index (χ4v) is 1.86. The standard InChI is InChI=1S/C14H18Cl2N2O2/c1-14(2,3)10-6-9(17-12(19)7-15)4-5-11(10)18-13(20)8-16/h4-6H,7-8H2,1-3H3,(H,17,19)(H,18,20). The third-order valence-electron chi connectivity index (χ3n) is 2.63. The third-order valence-corrected chi connectivity index (χ3v) is 3.11. The van der Waals surface area contributed by atoms with Crippen LogP contribution in [0.25, 0.3) is 0 Å². The maximum atomic E-state index is 11.4. The monoisotopic (exact) mass is 316 g/mol. The lowest BCUT2D eigenvalue weighted by atomic mass is 9.85. The minimum atomic E-state index is -0.274. The van der Waals surface area contributed by atoms with Gasteiger partial charge in [-0.1, -0.05) is 20.8 Å². The third kappa shape index (κ3) is 4.69. The molecule has 0 unspecified atom stereocenters. The lowest BCUT2D eigenvalue weighted by Gasteiger charge is -2.24. The second kappa shape index (κ2) is 6.95. The molecule has 110 valence electrons. The Morgan fingerprint density at radius 1 is 1.05 bits per heavy atom. The summed E-state index contributed by atoms with van der Waals surface area (Å²) in [5.41, 5.74) is 2.04. The van der Waals surface area contributed by atoms with Gasteiger partial charge in [-0.3, -0.25) is 9.59 Å². The van der Waals surface area contributed by atoms with Crippen molar-refractivity contribution in [2.75, 3.05) is 22.4 Å². The summed E-state index contributed by atoms with van der Waals surface area (Å²) in [7, 11) is 0. The lowest BCUT2D eigenvalue weighted by molar-refractivity contribution is -0.114. The molecule has 0 bridgehead atoms. The molecule has 0 aliphatic carbocycles. The van der Waals surface area contributed by atoms with Gasteiger partial charge in [-0.25, -0.2) is 0 Å². The number of rotatable bonds is 4. The molecule has 0 saturated heterocycles. The highest BCUT2D eigenvalue weighted by molar-refractivity contribution is 6.29. The molecule has 0 saturated carbocycles. The Balaban J connectivity index is 3.13. The zero-order valence-electron chi connectivity index (χ0n) is 11.7. The van der Waals surface area contributed by atoms with Crippen LogP contribution in [0.3, 0.4) is 0 Å². The Labute approximate surface area is 128 Å². The quantitative estimate of drug-likeness (QED) is 0.837. The van der Waals surface area contributed by atoms with Gasteiger partial charge in [0.25, 0.3) is 0 Å². The van der Waals surface area contributed by atoms with Crippen LogP contribution in [0.1, 0.15) is 26.3 Å². The Morgan fingerprint density at radius 2 is 1.60 bits per heavy atom. The van der Waals surface area contributed by atoms with Crippen LogP contribution in [-0.2, 0) is 15.0 Å². The van der Waals surface area contributed by atoms with Crippen LogP contribution < -0.4 is 10.6 Å². The van der Waals surface area contributed by atoms with E-state index in [4.69, 9.17) is 23.2 Å². The van der Waals surface area contributed by atoms with Gasteiger partial charge in [0.2, 0.25) is 11.8 Å². The largest absolute Gasteiger partial charge is 0.325 e. The molecule has 1 aromatic carbocycles. The van der Waals surface area contributed by atoms with Gasteiger partial charge in [-0.15, -0.1) is 23.2 Å². The summed E-state index contributed by atoms with van der Waals surface area (Å²) < 4.78 is 0. The first kappa shape index (κ1) is 16.8. The zero-order chi connectivity index (χ0) is 15.3.